The van der Waals surface area contributed by atoms with Crippen molar-refractivity contribution in [2.45, 2.75) is 12.5 Å². The van der Waals surface area contributed by atoms with Gasteiger partial charge in [-0.2, -0.15) is 5.10 Å². The number of ether oxygens (including phenoxy) is 3. The van der Waals surface area contributed by atoms with E-state index in [4.69, 9.17) is 14.2 Å². The van der Waals surface area contributed by atoms with E-state index in [9.17, 15) is 9.59 Å². The van der Waals surface area contributed by atoms with E-state index < -0.39 is 0 Å². The van der Waals surface area contributed by atoms with Gasteiger partial charge in [-0.1, -0.05) is 6.07 Å². The van der Waals surface area contributed by atoms with Crippen LogP contribution in [0.5, 0.6) is 11.5 Å². The lowest BCUT2D eigenvalue weighted by molar-refractivity contribution is -0.142. The summed E-state index contributed by atoms with van der Waals surface area (Å²) in [6, 6.07) is 9.04. The first-order valence-corrected chi connectivity index (χ1v) is 10.2. The molecule has 1 aromatic heterocycles. The Bertz CT molecular complexity index is 929. The van der Waals surface area contributed by atoms with Crippen LogP contribution in [-0.4, -0.2) is 69.0 Å². The van der Waals surface area contributed by atoms with Gasteiger partial charge < -0.3 is 19.1 Å². The highest BCUT2D eigenvalue weighted by Crippen LogP contribution is 2.39. The molecule has 0 aliphatic carbocycles. The molecule has 0 saturated heterocycles. The average Bonchev–Trinajstić information content (AvgIpc) is 3.43. The van der Waals surface area contributed by atoms with Gasteiger partial charge in [0.25, 0.3) is 5.91 Å². The van der Waals surface area contributed by atoms with Gasteiger partial charge in [0, 0.05) is 26.1 Å². The lowest BCUT2D eigenvalue weighted by atomic mass is 9.99. The maximum atomic E-state index is 13.1. The van der Waals surface area contributed by atoms with E-state index in [1.54, 1.807) is 32.6 Å². The fraction of sp³-hybridized carbons (Fsp3) is 0.381. The van der Waals surface area contributed by atoms with Crippen LogP contribution >= 0.6 is 11.3 Å². The normalized spacial score (nSPS) is 15.7. The Balaban J connectivity index is 1.93. The fourth-order valence-electron chi connectivity index (χ4n) is 3.27. The first-order valence-electron chi connectivity index (χ1n) is 9.36. The van der Waals surface area contributed by atoms with E-state index in [0.717, 1.165) is 16.2 Å². The van der Waals surface area contributed by atoms with Crippen molar-refractivity contribution in [1.82, 2.24) is 9.91 Å². The molecule has 2 heterocycles. The quantitative estimate of drug-likeness (QED) is 0.642. The van der Waals surface area contributed by atoms with Crippen LogP contribution in [0.1, 0.15) is 22.9 Å². The molecule has 1 atom stereocenters. The van der Waals surface area contributed by atoms with Crippen LogP contribution < -0.4 is 9.47 Å². The molecule has 9 heteroatoms. The Morgan fingerprint density at radius 2 is 2.03 bits per heavy atom. The summed E-state index contributed by atoms with van der Waals surface area (Å²) in [6.07, 6.45) is 0.533. The molecule has 1 aromatic carbocycles. The minimum Gasteiger partial charge on any atom is -0.497 e. The van der Waals surface area contributed by atoms with E-state index in [-0.39, 0.29) is 31.0 Å². The number of thiophene rings is 1. The second-order valence-corrected chi connectivity index (χ2v) is 7.72. The number of benzene rings is 1. The van der Waals surface area contributed by atoms with Gasteiger partial charge in [0.15, 0.2) is 0 Å². The molecule has 30 heavy (non-hydrogen) atoms. The molecule has 2 aromatic rings. The maximum absolute atomic E-state index is 13.1. The van der Waals surface area contributed by atoms with Gasteiger partial charge in [0.2, 0.25) is 5.91 Å². The summed E-state index contributed by atoms with van der Waals surface area (Å²) in [5.74, 6) is 0.742. The van der Waals surface area contributed by atoms with Crippen LogP contribution in [0.25, 0.3) is 0 Å². The summed E-state index contributed by atoms with van der Waals surface area (Å²) in [4.78, 5) is 27.5. The first-order chi connectivity index (χ1) is 14.5. The van der Waals surface area contributed by atoms with Gasteiger partial charge in [-0.3, -0.25) is 9.59 Å². The number of nitrogens with zero attached hydrogens (tertiary/aromatic N) is 3. The highest BCUT2D eigenvalue weighted by atomic mass is 32.1. The number of carbonyl (C=O) groups excluding carboxylic acids is 2. The third kappa shape index (κ3) is 4.63. The second-order valence-electron chi connectivity index (χ2n) is 6.77. The summed E-state index contributed by atoms with van der Waals surface area (Å²) in [6.45, 7) is -0.188. The molecule has 0 saturated carbocycles. The van der Waals surface area contributed by atoms with E-state index >= 15 is 0 Å². The molecule has 0 unspecified atom stereocenters. The van der Waals surface area contributed by atoms with Crippen molar-refractivity contribution in [2.75, 3.05) is 41.5 Å². The molecule has 160 valence electrons. The van der Waals surface area contributed by atoms with Crippen LogP contribution in [0.4, 0.5) is 0 Å². The summed E-state index contributed by atoms with van der Waals surface area (Å²) >= 11 is 1.57. The molecular formula is C21H25N3O5S. The number of amides is 2. The third-order valence-corrected chi connectivity index (χ3v) is 5.75. The molecule has 1 aliphatic heterocycles. The first kappa shape index (κ1) is 21.8. The molecule has 0 fully saturated rings. The zero-order valence-electron chi connectivity index (χ0n) is 17.5. The number of hydrazone groups is 1. The highest BCUT2D eigenvalue weighted by molar-refractivity contribution is 7.12. The average molecular weight is 432 g/mol. The molecule has 3 rings (SSSR count). The van der Waals surface area contributed by atoms with Crippen LogP contribution in [0.3, 0.4) is 0 Å². The van der Waals surface area contributed by atoms with Gasteiger partial charge in [0.05, 0.1) is 30.9 Å². The minimum atomic E-state index is -0.370. The standard InChI is InChI=1S/C21H25N3O5S/c1-23(21(26)13-27-2)12-20(25)24-17(11-16(22-24)19-6-5-9-30-19)15-10-14(28-3)7-8-18(15)29-4/h5-10,17H,11-13H2,1-4H3/t17-/m1/s1. The van der Waals surface area contributed by atoms with Gasteiger partial charge in [-0.05, 0) is 29.6 Å². The Labute approximate surface area is 179 Å². The van der Waals surface area contributed by atoms with E-state index in [0.29, 0.717) is 17.9 Å². The molecule has 1 aliphatic rings. The van der Waals surface area contributed by atoms with Crippen molar-refractivity contribution < 1.29 is 23.8 Å². The summed E-state index contributed by atoms with van der Waals surface area (Å²) < 4.78 is 15.8. The molecule has 0 radical (unpaired) electrons. The number of hydrogen-bond donors (Lipinski definition) is 0. The maximum Gasteiger partial charge on any atom is 0.262 e. The lowest BCUT2D eigenvalue weighted by Gasteiger charge is -2.26. The van der Waals surface area contributed by atoms with Crippen molar-refractivity contribution in [1.29, 1.82) is 0 Å². The molecule has 0 N–H and O–H groups in total. The van der Waals surface area contributed by atoms with Crippen molar-refractivity contribution in [2.24, 2.45) is 5.10 Å². The SMILES string of the molecule is COCC(=O)N(C)CC(=O)N1N=C(c2cccs2)C[C@@H]1c1cc(OC)ccc1OC. The van der Waals surface area contributed by atoms with Crippen LogP contribution in [0.15, 0.2) is 40.8 Å². The zero-order chi connectivity index (χ0) is 21.7. The molecule has 0 spiro atoms. The van der Waals surface area contributed by atoms with E-state index in [1.807, 2.05) is 35.7 Å². The summed E-state index contributed by atoms with van der Waals surface area (Å²) in [7, 11) is 6.19. The van der Waals surface area contributed by atoms with Gasteiger partial charge in [0.1, 0.15) is 24.7 Å². The molecule has 8 nitrogen and oxygen atoms in total. The Hall–Kier alpha value is -2.91. The van der Waals surface area contributed by atoms with Crippen molar-refractivity contribution >= 4 is 28.9 Å². The predicted octanol–water partition coefficient (Wildman–Crippen LogP) is 2.55. The van der Waals surface area contributed by atoms with Crippen LogP contribution in [-0.2, 0) is 14.3 Å². The number of carbonyl (C=O) groups is 2. The van der Waals surface area contributed by atoms with Crippen molar-refractivity contribution in [3.63, 3.8) is 0 Å². The molecule has 2 amide bonds. The van der Waals surface area contributed by atoms with Gasteiger partial charge in [-0.25, -0.2) is 5.01 Å². The highest BCUT2D eigenvalue weighted by Gasteiger charge is 2.36. The lowest BCUT2D eigenvalue weighted by Crippen LogP contribution is -2.40. The molecule has 0 bridgehead atoms. The molecular weight excluding hydrogens is 406 g/mol. The van der Waals surface area contributed by atoms with Crippen LogP contribution in [0.2, 0.25) is 0 Å². The predicted molar refractivity (Wildman–Crippen MR) is 114 cm³/mol. The number of likely N-dealkylation sites (N-methyl/N-ethyl adjacent to an activating group) is 1. The number of hydrogen-bond acceptors (Lipinski definition) is 7. The monoisotopic (exact) mass is 431 g/mol. The minimum absolute atomic E-state index is 0.0827. The van der Waals surface area contributed by atoms with E-state index in [2.05, 4.69) is 5.10 Å². The summed E-state index contributed by atoms with van der Waals surface area (Å²) in [5.41, 5.74) is 1.62. The van der Waals surface area contributed by atoms with Crippen LogP contribution in [0, 0.1) is 0 Å². The van der Waals surface area contributed by atoms with E-state index in [1.165, 1.54) is 17.0 Å². The Morgan fingerprint density at radius 3 is 2.67 bits per heavy atom. The summed E-state index contributed by atoms with van der Waals surface area (Å²) in [5, 5.41) is 8.04. The number of methoxy groups -OCH3 is 3. The third-order valence-electron chi connectivity index (χ3n) is 4.83. The topological polar surface area (TPSA) is 80.7 Å². The van der Waals surface area contributed by atoms with Crippen molar-refractivity contribution in [3.05, 3.63) is 46.2 Å². The zero-order valence-corrected chi connectivity index (χ0v) is 18.3. The second kappa shape index (κ2) is 9.73. The fourth-order valence-corrected chi connectivity index (χ4v) is 3.99. The largest absolute Gasteiger partial charge is 0.497 e. The smallest absolute Gasteiger partial charge is 0.262 e. The van der Waals surface area contributed by atoms with Gasteiger partial charge >= 0.3 is 0 Å². The van der Waals surface area contributed by atoms with Gasteiger partial charge in [-0.15, -0.1) is 11.3 Å². The number of rotatable bonds is 8. The van der Waals surface area contributed by atoms with Crippen molar-refractivity contribution in [3.8, 4) is 11.5 Å². The Morgan fingerprint density at radius 1 is 1.23 bits per heavy atom. The Kier molecular flexibility index (Phi) is 7.07.